The summed E-state index contributed by atoms with van der Waals surface area (Å²) in [4.78, 5) is 13.0. The lowest BCUT2D eigenvalue weighted by atomic mass is 10.2. The molecule has 1 atom stereocenters. The molecule has 3 nitrogen and oxygen atoms in total. The van der Waals surface area contributed by atoms with Gasteiger partial charge in [0.15, 0.2) is 0 Å². The normalized spacial score (nSPS) is 22.3. The molecule has 1 amide bonds. The fourth-order valence-electron chi connectivity index (χ4n) is 1.07. The van der Waals surface area contributed by atoms with Gasteiger partial charge in [-0.05, 0) is 27.2 Å². The van der Waals surface area contributed by atoms with E-state index in [2.05, 4.69) is 6.92 Å². The van der Waals surface area contributed by atoms with Gasteiger partial charge in [-0.25, -0.2) is 4.79 Å². The zero-order valence-corrected chi connectivity index (χ0v) is 8.26. The molecule has 0 N–H and O–H groups in total. The van der Waals surface area contributed by atoms with Crippen molar-refractivity contribution in [2.24, 2.45) is 0 Å². The number of carbonyl (C=O) groups excluding carboxylic acids is 1. The van der Waals surface area contributed by atoms with Gasteiger partial charge in [-0.2, -0.15) is 0 Å². The van der Waals surface area contributed by atoms with Gasteiger partial charge in [-0.3, -0.25) is 0 Å². The monoisotopic (exact) mass is 171 g/mol. The predicted molar refractivity (Wildman–Crippen MR) is 47.0 cm³/mol. The first kappa shape index (κ1) is 9.36. The van der Waals surface area contributed by atoms with Crippen molar-refractivity contribution in [1.82, 2.24) is 4.90 Å². The van der Waals surface area contributed by atoms with Crippen LogP contribution in [0.15, 0.2) is 0 Å². The summed E-state index contributed by atoms with van der Waals surface area (Å²) in [7, 11) is 0. The molecule has 0 aromatic rings. The van der Waals surface area contributed by atoms with Crippen molar-refractivity contribution in [2.45, 2.75) is 45.8 Å². The van der Waals surface area contributed by atoms with Crippen molar-refractivity contribution in [3.05, 3.63) is 0 Å². The van der Waals surface area contributed by atoms with Gasteiger partial charge < -0.3 is 9.64 Å². The van der Waals surface area contributed by atoms with Crippen molar-refractivity contribution >= 4 is 6.09 Å². The first-order chi connectivity index (χ1) is 5.44. The quantitative estimate of drug-likeness (QED) is 0.565. The average Bonchev–Trinajstić information content (AvgIpc) is 2.60. The molecule has 12 heavy (non-hydrogen) atoms. The van der Waals surface area contributed by atoms with E-state index >= 15 is 0 Å². The molecular weight excluding hydrogens is 154 g/mol. The number of amides is 1. The Morgan fingerprint density at radius 1 is 1.58 bits per heavy atom. The third-order valence-electron chi connectivity index (χ3n) is 1.81. The third kappa shape index (κ3) is 2.40. The van der Waals surface area contributed by atoms with E-state index in [1.165, 1.54) is 0 Å². The lowest BCUT2D eigenvalue weighted by Gasteiger charge is -2.19. The van der Waals surface area contributed by atoms with Crippen LogP contribution in [0.2, 0.25) is 0 Å². The maximum Gasteiger partial charge on any atom is 0.410 e. The Morgan fingerprint density at radius 3 is 2.50 bits per heavy atom. The number of carbonyl (C=O) groups is 1. The Balaban J connectivity index is 2.32. The number of nitrogens with zero attached hydrogens (tertiary/aromatic N) is 1. The Hall–Kier alpha value is -0.730. The van der Waals surface area contributed by atoms with Crippen LogP contribution in [0.25, 0.3) is 0 Å². The first-order valence-corrected chi connectivity index (χ1v) is 4.43. The van der Waals surface area contributed by atoms with E-state index in [0.29, 0.717) is 6.04 Å². The Morgan fingerprint density at radius 2 is 2.17 bits per heavy atom. The minimum absolute atomic E-state index is 0.172. The molecule has 0 saturated carbocycles. The number of rotatable bonds is 1. The van der Waals surface area contributed by atoms with E-state index in [0.717, 1.165) is 13.0 Å². The number of hydrogen-bond donors (Lipinski definition) is 0. The van der Waals surface area contributed by atoms with Crippen LogP contribution in [0.1, 0.15) is 34.1 Å². The van der Waals surface area contributed by atoms with Gasteiger partial charge in [-0.15, -0.1) is 0 Å². The molecule has 0 aromatic carbocycles. The molecular formula is C9H17NO2. The summed E-state index contributed by atoms with van der Waals surface area (Å²) >= 11 is 0. The maximum absolute atomic E-state index is 11.3. The predicted octanol–water partition coefficient (Wildman–Crippen LogP) is 2.02. The highest BCUT2D eigenvalue weighted by Gasteiger charge is 2.39. The van der Waals surface area contributed by atoms with Gasteiger partial charge in [-0.1, -0.05) is 6.92 Å². The van der Waals surface area contributed by atoms with Crippen LogP contribution in [-0.4, -0.2) is 29.2 Å². The van der Waals surface area contributed by atoms with Crippen LogP contribution in [0, 0.1) is 0 Å². The van der Waals surface area contributed by atoms with Crippen molar-refractivity contribution in [1.29, 1.82) is 0 Å². The molecule has 3 heteroatoms. The summed E-state index contributed by atoms with van der Waals surface area (Å²) in [6.45, 7) is 8.60. The lowest BCUT2D eigenvalue weighted by Crippen LogP contribution is -2.27. The summed E-state index contributed by atoms with van der Waals surface area (Å²) in [5.41, 5.74) is -0.363. The molecule has 1 fully saturated rings. The van der Waals surface area contributed by atoms with E-state index in [1.54, 1.807) is 4.90 Å². The van der Waals surface area contributed by atoms with Crippen molar-refractivity contribution < 1.29 is 9.53 Å². The summed E-state index contributed by atoms with van der Waals surface area (Å²) in [5, 5.41) is 0. The molecule has 1 aliphatic rings. The zero-order valence-electron chi connectivity index (χ0n) is 8.26. The second-order valence-electron chi connectivity index (χ2n) is 4.19. The standard InChI is InChI=1S/C9H17NO2/c1-5-7-6-10(7)8(11)12-9(2,3)4/h7H,5-6H2,1-4H3/t7-,10?/m1/s1. The molecule has 0 bridgehead atoms. The van der Waals surface area contributed by atoms with Crippen LogP contribution in [-0.2, 0) is 4.74 Å². The highest BCUT2D eigenvalue weighted by atomic mass is 16.6. The summed E-state index contributed by atoms with van der Waals surface area (Å²) in [6, 6.07) is 0.430. The molecule has 0 radical (unpaired) electrons. The number of hydrogen-bond acceptors (Lipinski definition) is 2. The second-order valence-corrected chi connectivity index (χ2v) is 4.19. The molecule has 1 aliphatic heterocycles. The fourth-order valence-corrected chi connectivity index (χ4v) is 1.07. The van der Waals surface area contributed by atoms with Gasteiger partial charge in [0.2, 0.25) is 0 Å². The lowest BCUT2D eigenvalue weighted by molar-refractivity contribution is 0.0406. The molecule has 70 valence electrons. The molecule has 1 heterocycles. The van der Waals surface area contributed by atoms with E-state index in [1.807, 2.05) is 20.8 Å². The van der Waals surface area contributed by atoms with Crippen LogP contribution in [0.3, 0.4) is 0 Å². The molecule has 0 aliphatic carbocycles. The summed E-state index contributed by atoms with van der Waals surface area (Å²) in [6.07, 6.45) is 0.855. The first-order valence-electron chi connectivity index (χ1n) is 4.43. The fraction of sp³-hybridized carbons (Fsp3) is 0.889. The SMILES string of the molecule is CC[C@@H]1CN1C(=O)OC(C)(C)C. The molecule has 0 aromatic heterocycles. The highest BCUT2D eigenvalue weighted by molar-refractivity contribution is 5.71. The minimum atomic E-state index is -0.363. The topological polar surface area (TPSA) is 29.3 Å². The smallest absolute Gasteiger partial charge is 0.410 e. The van der Waals surface area contributed by atoms with Crippen molar-refractivity contribution in [2.75, 3.05) is 6.54 Å². The summed E-state index contributed by atoms with van der Waals surface area (Å²) in [5.74, 6) is 0. The van der Waals surface area contributed by atoms with Gasteiger partial charge in [0.05, 0.1) is 6.04 Å². The van der Waals surface area contributed by atoms with Gasteiger partial charge in [0, 0.05) is 6.54 Å². The molecule has 0 unspecified atom stereocenters. The van der Waals surface area contributed by atoms with Crippen LogP contribution < -0.4 is 0 Å². The maximum atomic E-state index is 11.3. The van der Waals surface area contributed by atoms with Crippen LogP contribution in [0.4, 0.5) is 4.79 Å². The van der Waals surface area contributed by atoms with E-state index < -0.39 is 0 Å². The van der Waals surface area contributed by atoms with E-state index in [4.69, 9.17) is 4.74 Å². The van der Waals surface area contributed by atoms with Crippen LogP contribution in [0.5, 0.6) is 0 Å². The van der Waals surface area contributed by atoms with Crippen molar-refractivity contribution in [3.63, 3.8) is 0 Å². The van der Waals surface area contributed by atoms with Gasteiger partial charge >= 0.3 is 6.09 Å². The summed E-state index contributed by atoms with van der Waals surface area (Å²) < 4.78 is 5.18. The largest absolute Gasteiger partial charge is 0.444 e. The van der Waals surface area contributed by atoms with E-state index in [-0.39, 0.29) is 11.7 Å². The average molecular weight is 171 g/mol. The highest BCUT2D eigenvalue weighted by Crippen LogP contribution is 2.23. The number of ether oxygens (including phenoxy) is 1. The van der Waals surface area contributed by atoms with Gasteiger partial charge in [0.1, 0.15) is 5.60 Å². The second kappa shape index (κ2) is 2.96. The Bertz CT molecular complexity index is 183. The minimum Gasteiger partial charge on any atom is -0.444 e. The van der Waals surface area contributed by atoms with E-state index in [9.17, 15) is 4.79 Å². The van der Waals surface area contributed by atoms with Crippen molar-refractivity contribution in [3.8, 4) is 0 Å². The van der Waals surface area contributed by atoms with Gasteiger partial charge in [0.25, 0.3) is 0 Å². The molecule has 1 rings (SSSR count). The Labute approximate surface area is 73.7 Å². The van der Waals surface area contributed by atoms with Crippen LogP contribution >= 0.6 is 0 Å². The zero-order chi connectivity index (χ0) is 9.35. The molecule has 0 spiro atoms. The third-order valence-corrected chi connectivity index (χ3v) is 1.81. The molecule has 1 saturated heterocycles. The Kier molecular flexibility index (Phi) is 2.31.